The summed E-state index contributed by atoms with van der Waals surface area (Å²) in [4.78, 5) is 11.0. The van der Waals surface area contributed by atoms with Gasteiger partial charge in [-0.15, -0.1) is 0 Å². The van der Waals surface area contributed by atoms with Crippen LogP contribution in [0.5, 0.6) is 0 Å². The van der Waals surface area contributed by atoms with Gasteiger partial charge in [-0.2, -0.15) is 0 Å². The fraction of sp³-hybridized carbons (Fsp3) is 0.333. The van der Waals surface area contributed by atoms with Crippen LogP contribution in [0.25, 0.3) is 11.3 Å². The molecule has 1 saturated carbocycles. The van der Waals surface area contributed by atoms with Crippen LogP contribution in [-0.4, -0.2) is 24.1 Å². The minimum absolute atomic E-state index is 0.517. The first-order valence-electron chi connectivity index (χ1n) is 6.56. The minimum atomic E-state index is 0.517. The van der Waals surface area contributed by atoms with Crippen LogP contribution in [0.3, 0.4) is 0 Å². The molecule has 2 N–H and O–H groups in total. The highest BCUT2D eigenvalue weighted by molar-refractivity contribution is 5.65. The smallest absolute Gasteiger partial charge is 0.134 e. The fourth-order valence-electron chi connectivity index (χ4n) is 2.09. The number of hydrogen-bond donors (Lipinski definition) is 1. The van der Waals surface area contributed by atoms with E-state index in [-0.39, 0.29) is 0 Å². The molecule has 0 radical (unpaired) electrons. The Balaban J connectivity index is 1.96. The number of nitrogen functional groups attached to an aromatic ring is 1. The topological polar surface area (TPSA) is 55.0 Å². The van der Waals surface area contributed by atoms with Gasteiger partial charge >= 0.3 is 0 Å². The van der Waals surface area contributed by atoms with E-state index in [4.69, 9.17) is 5.73 Å². The molecule has 1 aromatic carbocycles. The van der Waals surface area contributed by atoms with Gasteiger partial charge in [0.1, 0.15) is 11.6 Å². The molecule has 98 valence electrons. The number of nitrogens with zero attached hydrogens (tertiary/aromatic N) is 3. The van der Waals surface area contributed by atoms with Gasteiger partial charge in [0, 0.05) is 37.3 Å². The quantitative estimate of drug-likeness (QED) is 0.915. The molecule has 0 saturated heterocycles. The lowest BCUT2D eigenvalue weighted by Gasteiger charge is -2.12. The molecule has 3 rings (SSSR count). The predicted octanol–water partition coefficient (Wildman–Crippen LogP) is 2.67. The molecular weight excluding hydrogens is 236 g/mol. The van der Waals surface area contributed by atoms with Crippen molar-refractivity contribution in [2.24, 2.45) is 0 Å². The zero-order valence-electron chi connectivity index (χ0n) is 11.3. The number of anilines is 2. The summed E-state index contributed by atoms with van der Waals surface area (Å²) in [5.74, 6) is 1.97. The van der Waals surface area contributed by atoms with E-state index < -0.39 is 0 Å². The zero-order chi connectivity index (χ0) is 13.4. The molecular formula is C15H18N4. The Morgan fingerprint density at radius 1 is 1.11 bits per heavy atom. The summed E-state index contributed by atoms with van der Waals surface area (Å²) in [6, 6.07) is 10.2. The van der Waals surface area contributed by atoms with Crippen LogP contribution in [0.2, 0.25) is 0 Å². The van der Waals surface area contributed by atoms with Crippen molar-refractivity contribution >= 4 is 11.5 Å². The van der Waals surface area contributed by atoms with E-state index in [1.165, 1.54) is 18.5 Å². The largest absolute Gasteiger partial charge is 0.384 e. The van der Waals surface area contributed by atoms with Crippen LogP contribution in [0.1, 0.15) is 24.6 Å². The Labute approximate surface area is 113 Å². The molecule has 0 spiro atoms. The highest BCUT2D eigenvalue weighted by Crippen LogP contribution is 2.39. The van der Waals surface area contributed by atoms with Crippen molar-refractivity contribution in [1.82, 2.24) is 9.97 Å². The maximum absolute atomic E-state index is 5.88. The van der Waals surface area contributed by atoms with Crippen molar-refractivity contribution in [1.29, 1.82) is 0 Å². The van der Waals surface area contributed by atoms with Gasteiger partial charge in [0.25, 0.3) is 0 Å². The lowest BCUT2D eigenvalue weighted by atomic mass is 10.1. The van der Waals surface area contributed by atoms with Crippen molar-refractivity contribution in [2.75, 3.05) is 24.7 Å². The molecule has 0 bridgehead atoms. The molecule has 1 heterocycles. The van der Waals surface area contributed by atoms with Crippen LogP contribution < -0.4 is 10.6 Å². The van der Waals surface area contributed by atoms with Gasteiger partial charge < -0.3 is 10.6 Å². The first-order valence-corrected chi connectivity index (χ1v) is 6.56. The SMILES string of the molecule is CN(C)c1ccc(-c2cc(N)nc(C3CC3)n2)cc1. The second-order valence-electron chi connectivity index (χ2n) is 5.25. The Morgan fingerprint density at radius 3 is 2.37 bits per heavy atom. The molecule has 4 heteroatoms. The van der Waals surface area contributed by atoms with Crippen molar-refractivity contribution in [2.45, 2.75) is 18.8 Å². The number of nitrogens with two attached hydrogens (primary N) is 1. The summed E-state index contributed by atoms with van der Waals surface area (Å²) in [6.07, 6.45) is 2.37. The van der Waals surface area contributed by atoms with Crippen molar-refractivity contribution in [3.05, 3.63) is 36.2 Å². The number of hydrogen-bond acceptors (Lipinski definition) is 4. The summed E-state index contributed by atoms with van der Waals surface area (Å²) in [7, 11) is 4.06. The lowest BCUT2D eigenvalue weighted by Crippen LogP contribution is -2.08. The summed E-state index contributed by atoms with van der Waals surface area (Å²) in [5.41, 5.74) is 9.06. The van der Waals surface area contributed by atoms with Gasteiger partial charge in [-0.25, -0.2) is 9.97 Å². The Kier molecular flexibility index (Phi) is 2.85. The number of aromatic nitrogens is 2. The second kappa shape index (κ2) is 4.53. The molecule has 19 heavy (non-hydrogen) atoms. The first-order chi connectivity index (χ1) is 9.13. The summed E-state index contributed by atoms with van der Waals surface area (Å²) in [5, 5.41) is 0. The second-order valence-corrected chi connectivity index (χ2v) is 5.25. The molecule has 0 atom stereocenters. The number of rotatable bonds is 3. The zero-order valence-corrected chi connectivity index (χ0v) is 11.3. The van der Waals surface area contributed by atoms with E-state index in [1.807, 2.05) is 20.2 Å². The van der Waals surface area contributed by atoms with Crippen molar-refractivity contribution in [3.63, 3.8) is 0 Å². The fourth-order valence-corrected chi connectivity index (χ4v) is 2.09. The van der Waals surface area contributed by atoms with Crippen LogP contribution in [0.15, 0.2) is 30.3 Å². The predicted molar refractivity (Wildman–Crippen MR) is 78.2 cm³/mol. The van der Waals surface area contributed by atoms with E-state index >= 15 is 0 Å². The van der Waals surface area contributed by atoms with E-state index in [1.54, 1.807) is 0 Å². The Hall–Kier alpha value is -2.10. The average molecular weight is 254 g/mol. The molecule has 0 aliphatic heterocycles. The monoisotopic (exact) mass is 254 g/mol. The van der Waals surface area contributed by atoms with Crippen molar-refractivity contribution in [3.8, 4) is 11.3 Å². The third-order valence-corrected chi connectivity index (χ3v) is 3.39. The standard InChI is InChI=1S/C15H18N4/c1-19(2)12-7-5-10(6-8-12)13-9-14(16)18-15(17-13)11-3-4-11/h5-9,11H,3-4H2,1-2H3,(H2,16,17,18). The van der Waals surface area contributed by atoms with Crippen LogP contribution in [0, 0.1) is 0 Å². The minimum Gasteiger partial charge on any atom is -0.384 e. The molecule has 4 nitrogen and oxygen atoms in total. The van der Waals surface area contributed by atoms with Gasteiger partial charge in [-0.1, -0.05) is 12.1 Å². The Bertz CT molecular complexity index is 586. The highest BCUT2D eigenvalue weighted by atomic mass is 15.1. The molecule has 1 aliphatic rings. The first kappa shape index (κ1) is 12.0. The summed E-state index contributed by atoms with van der Waals surface area (Å²) >= 11 is 0. The number of benzene rings is 1. The lowest BCUT2D eigenvalue weighted by molar-refractivity contribution is 0.936. The van der Waals surface area contributed by atoms with E-state index in [2.05, 4.69) is 39.1 Å². The van der Waals surface area contributed by atoms with Crippen LogP contribution in [-0.2, 0) is 0 Å². The van der Waals surface area contributed by atoms with Gasteiger partial charge in [-0.05, 0) is 25.0 Å². The van der Waals surface area contributed by atoms with E-state index in [0.717, 1.165) is 17.1 Å². The van der Waals surface area contributed by atoms with Crippen LogP contribution >= 0.6 is 0 Å². The normalized spacial score (nSPS) is 14.4. The Morgan fingerprint density at radius 2 is 1.79 bits per heavy atom. The summed E-state index contributed by atoms with van der Waals surface area (Å²) in [6.45, 7) is 0. The van der Waals surface area contributed by atoms with Crippen molar-refractivity contribution < 1.29 is 0 Å². The molecule has 1 fully saturated rings. The van der Waals surface area contributed by atoms with E-state index in [9.17, 15) is 0 Å². The maximum Gasteiger partial charge on any atom is 0.134 e. The van der Waals surface area contributed by atoms with Gasteiger partial charge in [0.15, 0.2) is 0 Å². The van der Waals surface area contributed by atoms with Gasteiger partial charge in [0.05, 0.1) is 5.69 Å². The highest BCUT2D eigenvalue weighted by Gasteiger charge is 2.27. The molecule has 2 aromatic rings. The van der Waals surface area contributed by atoms with Crippen LogP contribution in [0.4, 0.5) is 11.5 Å². The summed E-state index contributed by atoms with van der Waals surface area (Å²) < 4.78 is 0. The van der Waals surface area contributed by atoms with Gasteiger partial charge in [-0.3, -0.25) is 0 Å². The van der Waals surface area contributed by atoms with E-state index in [0.29, 0.717) is 11.7 Å². The average Bonchev–Trinajstić information content (AvgIpc) is 3.22. The molecule has 0 unspecified atom stereocenters. The molecule has 0 amide bonds. The molecule has 1 aromatic heterocycles. The maximum atomic E-state index is 5.88. The molecule has 1 aliphatic carbocycles. The third kappa shape index (κ3) is 2.52. The van der Waals surface area contributed by atoms with Gasteiger partial charge in [0.2, 0.25) is 0 Å². The third-order valence-electron chi connectivity index (χ3n) is 3.39.